The highest BCUT2D eigenvalue weighted by molar-refractivity contribution is 9.10. The number of nitrogens with two attached hydrogens (primary N) is 1. The molecule has 0 fully saturated rings. The Labute approximate surface area is 87.2 Å². The first-order valence-corrected chi connectivity index (χ1v) is 4.39. The lowest BCUT2D eigenvalue weighted by molar-refractivity contribution is 0.0949. The number of amides is 1. The average Bonchev–Trinajstić information content (AvgIpc) is 2.02. The lowest BCUT2D eigenvalue weighted by atomic mass is 10.2. The smallest absolute Gasteiger partial charge is 0.269 e. The third-order valence-corrected chi connectivity index (χ3v) is 2.21. The third-order valence-electron chi connectivity index (χ3n) is 1.37. The normalized spacial score (nSPS) is 9.85. The molecule has 13 heavy (non-hydrogen) atoms. The maximum Gasteiger partial charge on any atom is 0.269 e. The zero-order valence-corrected chi connectivity index (χ0v) is 8.62. The molecule has 1 aromatic rings. The second-order valence-electron chi connectivity index (χ2n) is 2.22. The molecule has 0 aliphatic heterocycles. The fraction of sp³-hybridized carbons (Fsp3) is 0. The Balaban J connectivity index is 3.28. The van der Waals surface area contributed by atoms with E-state index in [1.165, 1.54) is 6.07 Å². The van der Waals surface area contributed by atoms with Crippen LogP contribution in [0.15, 0.2) is 16.6 Å². The van der Waals surface area contributed by atoms with E-state index in [1.807, 2.05) is 5.43 Å². The number of rotatable bonds is 1. The van der Waals surface area contributed by atoms with E-state index < -0.39 is 11.7 Å². The van der Waals surface area contributed by atoms with Gasteiger partial charge in [0.15, 0.2) is 0 Å². The fourth-order valence-corrected chi connectivity index (χ4v) is 1.78. The van der Waals surface area contributed by atoms with Gasteiger partial charge in [-0.3, -0.25) is 10.2 Å². The maximum absolute atomic E-state index is 13.1. The van der Waals surface area contributed by atoms with Crippen LogP contribution in [-0.4, -0.2) is 5.91 Å². The predicted octanol–water partition coefficient (Wildman–Crippen LogP) is 1.85. The molecule has 3 nitrogen and oxygen atoms in total. The summed E-state index contributed by atoms with van der Waals surface area (Å²) in [5, 5.41) is 0.206. The minimum Gasteiger partial charge on any atom is -0.290 e. The van der Waals surface area contributed by atoms with Crippen LogP contribution in [0.3, 0.4) is 0 Å². The molecule has 0 heterocycles. The number of carbonyl (C=O) groups is 1. The molecule has 0 aromatic heterocycles. The number of hydrazine groups is 1. The van der Waals surface area contributed by atoms with Crippen LogP contribution in [0.1, 0.15) is 10.4 Å². The van der Waals surface area contributed by atoms with Crippen LogP contribution in [0.5, 0.6) is 0 Å². The number of benzene rings is 1. The molecule has 0 aliphatic carbocycles. The molecule has 0 radical (unpaired) electrons. The van der Waals surface area contributed by atoms with E-state index in [9.17, 15) is 9.18 Å². The summed E-state index contributed by atoms with van der Waals surface area (Å²) in [5.74, 6) is 3.43. The zero-order chi connectivity index (χ0) is 10.0. The molecular weight excluding hydrogens is 262 g/mol. The molecule has 0 atom stereocenters. The summed E-state index contributed by atoms with van der Waals surface area (Å²) in [6.07, 6.45) is 0. The highest BCUT2D eigenvalue weighted by atomic mass is 79.9. The quantitative estimate of drug-likeness (QED) is 0.463. The molecule has 3 N–H and O–H groups in total. The Morgan fingerprint density at radius 3 is 2.69 bits per heavy atom. The van der Waals surface area contributed by atoms with Crippen molar-refractivity contribution >= 4 is 33.4 Å². The number of hydrogen-bond acceptors (Lipinski definition) is 2. The molecule has 1 amide bonds. The van der Waals surface area contributed by atoms with Crippen molar-refractivity contribution in [3.63, 3.8) is 0 Å². The van der Waals surface area contributed by atoms with Crippen molar-refractivity contribution < 1.29 is 9.18 Å². The maximum atomic E-state index is 13.1. The predicted molar refractivity (Wildman–Crippen MR) is 50.8 cm³/mol. The summed E-state index contributed by atoms with van der Waals surface area (Å²) in [7, 11) is 0. The Morgan fingerprint density at radius 2 is 2.23 bits per heavy atom. The van der Waals surface area contributed by atoms with Gasteiger partial charge in [-0.2, -0.15) is 0 Å². The van der Waals surface area contributed by atoms with Crippen molar-refractivity contribution in [2.45, 2.75) is 0 Å². The Hall–Kier alpha value is -0.650. The van der Waals surface area contributed by atoms with E-state index in [2.05, 4.69) is 15.9 Å². The van der Waals surface area contributed by atoms with Gasteiger partial charge in [-0.25, -0.2) is 10.2 Å². The monoisotopic (exact) mass is 266 g/mol. The van der Waals surface area contributed by atoms with Gasteiger partial charge in [-0.05, 0) is 28.1 Å². The van der Waals surface area contributed by atoms with Crippen LogP contribution in [0, 0.1) is 5.82 Å². The Bertz CT molecular complexity index is 335. The number of carbonyl (C=O) groups excluding carboxylic acids is 1. The molecular formula is C7H5BrClFN2O. The van der Waals surface area contributed by atoms with Crippen LogP contribution < -0.4 is 11.3 Å². The van der Waals surface area contributed by atoms with Crippen LogP contribution in [0.2, 0.25) is 5.02 Å². The fourth-order valence-electron chi connectivity index (χ4n) is 0.831. The second-order valence-corrected chi connectivity index (χ2v) is 3.51. The van der Waals surface area contributed by atoms with E-state index in [0.717, 1.165) is 6.07 Å². The van der Waals surface area contributed by atoms with E-state index in [1.54, 1.807) is 0 Å². The highest BCUT2D eigenvalue weighted by Crippen LogP contribution is 2.24. The van der Waals surface area contributed by atoms with Gasteiger partial charge in [-0.15, -0.1) is 0 Å². The topological polar surface area (TPSA) is 55.1 Å². The summed E-state index contributed by atoms with van der Waals surface area (Å²) in [4.78, 5) is 11.0. The summed E-state index contributed by atoms with van der Waals surface area (Å²) < 4.78 is 13.4. The van der Waals surface area contributed by atoms with Crippen LogP contribution in [0.25, 0.3) is 0 Å². The van der Waals surface area contributed by atoms with Gasteiger partial charge in [0.2, 0.25) is 0 Å². The zero-order valence-electron chi connectivity index (χ0n) is 6.27. The second kappa shape index (κ2) is 4.04. The summed E-state index contributed by atoms with van der Waals surface area (Å²) in [6, 6.07) is 2.45. The van der Waals surface area contributed by atoms with Crippen LogP contribution >= 0.6 is 27.5 Å². The number of nitrogen functional groups attached to an aromatic ring is 1. The molecule has 1 aromatic carbocycles. The molecule has 0 unspecified atom stereocenters. The van der Waals surface area contributed by atoms with Crippen molar-refractivity contribution in [1.82, 2.24) is 5.43 Å². The van der Waals surface area contributed by atoms with Gasteiger partial charge in [0.05, 0.1) is 5.56 Å². The van der Waals surface area contributed by atoms with E-state index in [0.29, 0.717) is 0 Å². The van der Waals surface area contributed by atoms with Gasteiger partial charge in [0, 0.05) is 9.50 Å². The van der Waals surface area contributed by atoms with Gasteiger partial charge in [0.1, 0.15) is 5.82 Å². The van der Waals surface area contributed by atoms with Crippen LogP contribution in [-0.2, 0) is 0 Å². The number of nitrogens with one attached hydrogen (secondary N) is 1. The number of halogens is 3. The minimum atomic E-state index is -0.720. The first-order valence-electron chi connectivity index (χ1n) is 3.21. The molecule has 0 spiro atoms. The Kier molecular flexibility index (Phi) is 3.24. The van der Waals surface area contributed by atoms with E-state index in [4.69, 9.17) is 17.4 Å². The first kappa shape index (κ1) is 10.4. The van der Waals surface area contributed by atoms with E-state index >= 15 is 0 Å². The molecule has 0 saturated heterocycles. The Morgan fingerprint density at radius 1 is 1.62 bits per heavy atom. The van der Waals surface area contributed by atoms with Gasteiger partial charge >= 0.3 is 0 Å². The molecule has 0 bridgehead atoms. The summed E-state index contributed by atoms with van der Waals surface area (Å²) >= 11 is 8.54. The van der Waals surface area contributed by atoms with Crippen molar-refractivity contribution in [3.8, 4) is 0 Å². The van der Waals surface area contributed by atoms with Gasteiger partial charge in [-0.1, -0.05) is 11.6 Å². The number of hydrogen-bond donors (Lipinski definition) is 2. The average molecular weight is 267 g/mol. The molecule has 1 rings (SSSR count). The lowest BCUT2D eigenvalue weighted by Crippen LogP contribution is -2.31. The first-order chi connectivity index (χ1) is 6.06. The standard InChI is InChI=1S/C7H5BrClFN2O/c8-4-1-3(9)2-5(10)6(4)7(13)12-11/h1-2H,11H2,(H,12,13). The van der Waals surface area contributed by atoms with E-state index in [-0.39, 0.29) is 15.1 Å². The molecule has 70 valence electrons. The van der Waals surface area contributed by atoms with Crippen LogP contribution in [0.4, 0.5) is 4.39 Å². The molecule has 6 heteroatoms. The highest BCUT2D eigenvalue weighted by Gasteiger charge is 2.15. The van der Waals surface area contributed by atoms with Gasteiger partial charge in [0.25, 0.3) is 5.91 Å². The summed E-state index contributed by atoms with van der Waals surface area (Å²) in [6.45, 7) is 0. The largest absolute Gasteiger partial charge is 0.290 e. The van der Waals surface area contributed by atoms with Crippen molar-refractivity contribution in [2.24, 2.45) is 5.84 Å². The SMILES string of the molecule is NNC(=O)c1c(F)cc(Cl)cc1Br. The minimum absolute atomic E-state index is 0.160. The van der Waals surface area contributed by atoms with Crippen molar-refractivity contribution in [2.75, 3.05) is 0 Å². The lowest BCUT2D eigenvalue weighted by Gasteiger charge is -2.04. The van der Waals surface area contributed by atoms with Gasteiger partial charge < -0.3 is 0 Å². The van der Waals surface area contributed by atoms with Crippen molar-refractivity contribution in [3.05, 3.63) is 33.0 Å². The molecule has 0 saturated carbocycles. The molecule has 0 aliphatic rings. The third kappa shape index (κ3) is 2.18. The summed E-state index contributed by atoms with van der Waals surface area (Å²) in [5.41, 5.74) is 1.67. The van der Waals surface area contributed by atoms with Crippen molar-refractivity contribution in [1.29, 1.82) is 0 Å².